The number of likely N-dealkylation sites (N-methyl/N-ethyl adjacent to an activating group) is 1. The Morgan fingerprint density at radius 3 is 3.00 bits per heavy atom. The Morgan fingerprint density at radius 1 is 1.47 bits per heavy atom. The minimum Gasteiger partial charge on any atom is -0.376 e. The van der Waals surface area contributed by atoms with Crippen molar-refractivity contribution in [3.63, 3.8) is 0 Å². The largest absolute Gasteiger partial charge is 0.376 e. The van der Waals surface area contributed by atoms with Gasteiger partial charge in [-0.1, -0.05) is 12.1 Å². The number of ether oxygens (including phenoxy) is 1. The summed E-state index contributed by atoms with van der Waals surface area (Å²) in [5.41, 5.74) is 7.27. The number of nitrogens with two attached hydrogens (primary N) is 1. The van der Waals surface area contributed by atoms with Crippen molar-refractivity contribution in [2.75, 3.05) is 20.2 Å². The van der Waals surface area contributed by atoms with Crippen molar-refractivity contribution >= 4 is 5.91 Å². The van der Waals surface area contributed by atoms with Gasteiger partial charge in [-0.25, -0.2) is 0 Å². The van der Waals surface area contributed by atoms with Gasteiger partial charge in [0.25, 0.3) is 5.91 Å². The van der Waals surface area contributed by atoms with Crippen molar-refractivity contribution in [2.45, 2.75) is 31.9 Å². The summed E-state index contributed by atoms with van der Waals surface area (Å²) in [6.07, 6.45) is 3.54. The SMILES string of the molecule is CN(CC1CCCCO1)C(=O)c1cccc(CN)c1. The summed E-state index contributed by atoms with van der Waals surface area (Å²) in [7, 11) is 1.83. The molecule has 1 unspecified atom stereocenters. The van der Waals surface area contributed by atoms with Crippen LogP contribution in [0, 0.1) is 0 Å². The van der Waals surface area contributed by atoms with Gasteiger partial charge in [0.2, 0.25) is 0 Å². The minimum atomic E-state index is 0.0319. The predicted octanol–water partition coefficient (Wildman–Crippen LogP) is 1.79. The number of nitrogens with zero attached hydrogens (tertiary/aromatic N) is 1. The van der Waals surface area contributed by atoms with Gasteiger partial charge >= 0.3 is 0 Å². The molecule has 2 rings (SSSR count). The van der Waals surface area contributed by atoms with Gasteiger partial charge in [0.1, 0.15) is 0 Å². The molecule has 4 nitrogen and oxygen atoms in total. The molecule has 1 aromatic carbocycles. The highest BCUT2D eigenvalue weighted by molar-refractivity contribution is 5.94. The Kier molecular flexibility index (Phi) is 4.93. The molecule has 1 heterocycles. The molecule has 1 aliphatic rings. The molecule has 1 aromatic rings. The first-order valence-electron chi connectivity index (χ1n) is 6.87. The first kappa shape index (κ1) is 14.0. The Morgan fingerprint density at radius 2 is 2.32 bits per heavy atom. The van der Waals surface area contributed by atoms with E-state index in [4.69, 9.17) is 10.5 Å². The van der Waals surface area contributed by atoms with Crippen LogP contribution in [0.2, 0.25) is 0 Å². The minimum absolute atomic E-state index is 0.0319. The van der Waals surface area contributed by atoms with Crippen molar-refractivity contribution in [1.29, 1.82) is 0 Å². The summed E-state index contributed by atoms with van der Waals surface area (Å²) in [6.45, 7) is 1.93. The van der Waals surface area contributed by atoms with Gasteiger partial charge in [-0.2, -0.15) is 0 Å². The van der Waals surface area contributed by atoms with Crippen molar-refractivity contribution in [2.24, 2.45) is 5.73 Å². The molecule has 0 spiro atoms. The molecule has 4 heteroatoms. The molecule has 0 bridgehead atoms. The molecule has 1 amide bonds. The molecule has 0 aliphatic carbocycles. The predicted molar refractivity (Wildman–Crippen MR) is 74.9 cm³/mol. The molecule has 1 atom stereocenters. The topological polar surface area (TPSA) is 55.6 Å². The Hall–Kier alpha value is -1.39. The second-order valence-electron chi connectivity index (χ2n) is 5.08. The van der Waals surface area contributed by atoms with E-state index in [1.807, 2.05) is 31.3 Å². The Bertz CT molecular complexity index is 428. The van der Waals surface area contributed by atoms with Gasteiger partial charge in [0.15, 0.2) is 0 Å². The summed E-state index contributed by atoms with van der Waals surface area (Å²) < 4.78 is 5.67. The first-order chi connectivity index (χ1) is 9.20. The van der Waals surface area contributed by atoms with Gasteiger partial charge in [-0.05, 0) is 37.0 Å². The third kappa shape index (κ3) is 3.78. The van der Waals surface area contributed by atoms with Gasteiger partial charge < -0.3 is 15.4 Å². The lowest BCUT2D eigenvalue weighted by Gasteiger charge is -2.27. The van der Waals surface area contributed by atoms with E-state index in [9.17, 15) is 4.79 Å². The van der Waals surface area contributed by atoms with Crippen molar-refractivity contribution in [3.05, 3.63) is 35.4 Å². The van der Waals surface area contributed by atoms with Crippen LogP contribution in [0.4, 0.5) is 0 Å². The van der Waals surface area contributed by atoms with Gasteiger partial charge in [0, 0.05) is 32.3 Å². The number of hydrogen-bond donors (Lipinski definition) is 1. The maximum absolute atomic E-state index is 12.3. The van der Waals surface area contributed by atoms with E-state index in [-0.39, 0.29) is 12.0 Å². The second kappa shape index (κ2) is 6.68. The summed E-state index contributed by atoms with van der Waals surface area (Å²) in [5.74, 6) is 0.0319. The lowest BCUT2D eigenvalue weighted by atomic mass is 10.1. The number of rotatable bonds is 4. The van der Waals surface area contributed by atoms with E-state index in [1.165, 1.54) is 6.42 Å². The Balaban J connectivity index is 1.97. The highest BCUT2D eigenvalue weighted by Gasteiger charge is 2.19. The third-order valence-electron chi connectivity index (χ3n) is 3.51. The number of carbonyl (C=O) groups excluding carboxylic acids is 1. The molecule has 0 aromatic heterocycles. The summed E-state index contributed by atoms with van der Waals surface area (Å²) >= 11 is 0. The molecule has 1 aliphatic heterocycles. The molecule has 104 valence electrons. The summed E-state index contributed by atoms with van der Waals surface area (Å²) in [5, 5.41) is 0. The highest BCUT2D eigenvalue weighted by Crippen LogP contribution is 2.15. The standard InChI is InChI=1S/C15H22N2O2/c1-17(11-14-7-2-3-8-19-14)15(18)13-6-4-5-12(9-13)10-16/h4-6,9,14H,2-3,7-8,10-11,16H2,1H3. The maximum atomic E-state index is 12.3. The molecule has 0 radical (unpaired) electrons. The van der Waals surface area contributed by atoms with Crippen LogP contribution in [0.25, 0.3) is 0 Å². The van der Waals surface area contributed by atoms with Gasteiger partial charge in [-0.15, -0.1) is 0 Å². The van der Waals surface area contributed by atoms with E-state index in [0.717, 1.165) is 25.0 Å². The smallest absolute Gasteiger partial charge is 0.253 e. The van der Waals surface area contributed by atoms with Crippen molar-refractivity contribution in [1.82, 2.24) is 4.90 Å². The molecule has 1 saturated heterocycles. The maximum Gasteiger partial charge on any atom is 0.253 e. The third-order valence-corrected chi connectivity index (χ3v) is 3.51. The van der Waals surface area contributed by atoms with Crippen LogP contribution in [-0.2, 0) is 11.3 Å². The molecule has 2 N–H and O–H groups in total. The van der Waals surface area contributed by atoms with E-state index >= 15 is 0 Å². The molecular formula is C15H22N2O2. The van der Waals surface area contributed by atoms with E-state index in [0.29, 0.717) is 18.7 Å². The van der Waals surface area contributed by atoms with Crippen LogP contribution in [0.15, 0.2) is 24.3 Å². The van der Waals surface area contributed by atoms with Crippen LogP contribution in [-0.4, -0.2) is 37.1 Å². The fraction of sp³-hybridized carbons (Fsp3) is 0.533. The lowest BCUT2D eigenvalue weighted by molar-refractivity contribution is -0.000188. The van der Waals surface area contributed by atoms with Crippen LogP contribution in [0.3, 0.4) is 0 Å². The van der Waals surface area contributed by atoms with Crippen molar-refractivity contribution in [3.8, 4) is 0 Å². The first-order valence-corrected chi connectivity index (χ1v) is 6.87. The fourth-order valence-corrected chi connectivity index (χ4v) is 2.39. The lowest BCUT2D eigenvalue weighted by Crippen LogP contribution is -2.37. The van der Waals surface area contributed by atoms with E-state index in [1.54, 1.807) is 4.90 Å². The molecule has 0 saturated carbocycles. The average Bonchev–Trinajstić information content (AvgIpc) is 2.47. The normalized spacial score (nSPS) is 19.2. The van der Waals surface area contributed by atoms with Crippen LogP contribution < -0.4 is 5.73 Å². The molecule has 19 heavy (non-hydrogen) atoms. The second-order valence-corrected chi connectivity index (χ2v) is 5.08. The summed E-state index contributed by atoms with van der Waals surface area (Å²) in [4.78, 5) is 14.1. The Labute approximate surface area is 114 Å². The number of benzene rings is 1. The summed E-state index contributed by atoms with van der Waals surface area (Å²) in [6, 6.07) is 7.50. The highest BCUT2D eigenvalue weighted by atomic mass is 16.5. The van der Waals surface area contributed by atoms with Crippen LogP contribution >= 0.6 is 0 Å². The number of carbonyl (C=O) groups is 1. The quantitative estimate of drug-likeness (QED) is 0.900. The van der Waals surface area contributed by atoms with Crippen LogP contribution in [0.1, 0.15) is 35.2 Å². The molecule has 1 fully saturated rings. The zero-order valence-electron chi connectivity index (χ0n) is 11.5. The van der Waals surface area contributed by atoms with E-state index < -0.39 is 0 Å². The monoisotopic (exact) mass is 262 g/mol. The number of amides is 1. The zero-order valence-corrected chi connectivity index (χ0v) is 11.5. The zero-order chi connectivity index (χ0) is 13.7. The van der Waals surface area contributed by atoms with Crippen LogP contribution in [0.5, 0.6) is 0 Å². The number of hydrogen-bond acceptors (Lipinski definition) is 3. The van der Waals surface area contributed by atoms with Crippen molar-refractivity contribution < 1.29 is 9.53 Å². The van der Waals surface area contributed by atoms with Gasteiger partial charge in [-0.3, -0.25) is 4.79 Å². The van der Waals surface area contributed by atoms with E-state index in [2.05, 4.69) is 0 Å². The average molecular weight is 262 g/mol. The fourth-order valence-electron chi connectivity index (χ4n) is 2.39. The van der Waals surface area contributed by atoms with Gasteiger partial charge in [0.05, 0.1) is 6.10 Å². The molecular weight excluding hydrogens is 240 g/mol.